The van der Waals surface area contributed by atoms with Gasteiger partial charge < -0.3 is 15.5 Å². The number of aromatic nitrogens is 3. The van der Waals surface area contributed by atoms with Gasteiger partial charge in [0.25, 0.3) is 5.95 Å². The summed E-state index contributed by atoms with van der Waals surface area (Å²) < 4.78 is 0. The van der Waals surface area contributed by atoms with Crippen molar-refractivity contribution in [1.82, 2.24) is 15.0 Å². The standard InChI is InChI=1S/C12H20N8O/c13-9(21)20(14)12-16-10(18-5-1-2-6-18)15-11(17-12)19-7-3-4-8-19/h1-8,14H2,(H2,13,21). The lowest BCUT2D eigenvalue weighted by Gasteiger charge is -2.22. The molecule has 114 valence electrons. The minimum absolute atomic E-state index is 0.0984. The molecule has 2 aliphatic rings. The van der Waals surface area contributed by atoms with Crippen LogP contribution in [0.2, 0.25) is 0 Å². The first-order chi connectivity index (χ1) is 10.1. The Balaban J connectivity index is 1.96. The van der Waals surface area contributed by atoms with E-state index in [1.807, 2.05) is 0 Å². The number of hydrazine groups is 1. The predicted octanol–water partition coefficient (Wildman–Crippen LogP) is -0.169. The fourth-order valence-electron chi connectivity index (χ4n) is 2.67. The summed E-state index contributed by atoms with van der Waals surface area (Å²) in [5.41, 5.74) is 5.21. The lowest BCUT2D eigenvalue weighted by Crippen LogP contribution is -2.43. The highest BCUT2D eigenvalue weighted by molar-refractivity contribution is 5.87. The third-order valence-electron chi connectivity index (χ3n) is 3.83. The molecule has 0 aromatic carbocycles. The second kappa shape index (κ2) is 5.68. The Labute approximate surface area is 122 Å². The van der Waals surface area contributed by atoms with Crippen LogP contribution in [0.5, 0.6) is 0 Å². The van der Waals surface area contributed by atoms with E-state index in [0.29, 0.717) is 11.9 Å². The van der Waals surface area contributed by atoms with Crippen molar-refractivity contribution in [2.24, 2.45) is 11.6 Å². The highest BCUT2D eigenvalue weighted by atomic mass is 16.2. The Kier molecular flexibility index (Phi) is 3.74. The van der Waals surface area contributed by atoms with Crippen molar-refractivity contribution in [3.63, 3.8) is 0 Å². The third-order valence-corrected chi connectivity index (χ3v) is 3.83. The largest absolute Gasteiger partial charge is 0.350 e. The van der Waals surface area contributed by atoms with Gasteiger partial charge in [-0.2, -0.15) is 20.0 Å². The third kappa shape index (κ3) is 2.82. The SMILES string of the molecule is NC(=O)N(N)c1nc(N2CCCC2)nc(N2CCCC2)n1. The van der Waals surface area contributed by atoms with Crippen LogP contribution < -0.4 is 26.4 Å². The van der Waals surface area contributed by atoms with Crippen LogP contribution in [0.1, 0.15) is 25.7 Å². The van der Waals surface area contributed by atoms with Crippen molar-refractivity contribution >= 4 is 23.9 Å². The lowest BCUT2D eigenvalue weighted by atomic mass is 10.4. The molecule has 0 saturated carbocycles. The van der Waals surface area contributed by atoms with Crippen LogP contribution >= 0.6 is 0 Å². The molecule has 0 atom stereocenters. The number of nitrogens with two attached hydrogens (primary N) is 2. The molecule has 21 heavy (non-hydrogen) atoms. The zero-order valence-electron chi connectivity index (χ0n) is 11.9. The van der Waals surface area contributed by atoms with E-state index in [1.165, 1.54) is 0 Å². The van der Waals surface area contributed by atoms with E-state index < -0.39 is 6.03 Å². The molecule has 9 heteroatoms. The molecule has 0 aliphatic carbocycles. The molecule has 9 nitrogen and oxygen atoms in total. The summed E-state index contributed by atoms with van der Waals surface area (Å²) >= 11 is 0. The predicted molar refractivity (Wildman–Crippen MR) is 79.0 cm³/mol. The molecule has 3 heterocycles. The fourth-order valence-corrected chi connectivity index (χ4v) is 2.67. The topological polar surface area (TPSA) is 118 Å². The van der Waals surface area contributed by atoms with Crippen LogP contribution in [0, 0.1) is 0 Å². The summed E-state index contributed by atoms with van der Waals surface area (Å²) in [6.07, 6.45) is 4.45. The normalized spacial score (nSPS) is 18.3. The minimum Gasteiger partial charge on any atom is -0.350 e. The van der Waals surface area contributed by atoms with E-state index in [2.05, 4.69) is 24.8 Å². The maximum Gasteiger partial charge on any atom is 0.336 e. The van der Waals surface area contributed by atoms with Gasteiger partial charge in [-0.05, 0) is 25.7 Å². The fraction of sp³-hybridized carbons (Fsp3) is 0.667. The quantitative estimate of drug-likeness (QED) is 0.451. The van der Waals surface area contributed by atoms with Crippen LogP contribution in [0.3, 0.4) is 0 Å². The number of nitrogens with zero attached hydrogens (tertiary/aromatic N) is 6. The van der Waals surface area contributed by atoms with Crippen LogP contribution in [0.4, 0.5) is 22.6 Å². The summed E-state index contributed by atoms with van der Waals surface area (Å²) in [5.74, 6) is 6.87. The zero-order valence-corrected chi connectivity index (χ0v) is 11.9. The molecule has 0 spiro atoms. The van der Waals surface area contributed by atoms with Gasteiger partial charge in [0.1, 0.15) is 0 Å². The summed E-state index contributed by atoms with van der Waals surface area (Å²) in [6, 6.07) is -0.791. The van der Waals surface area contributed by atoms with Crippen molar-refractivity contribution in [3.8, 4) is 0 Å². The summed E-state index contributed by atoms with van der Waals surface area (Å²) in [7, 11) is 0. The van der Waals surface area contributed by atoms with Crippen LogP contribution in [-0.4, -0.2) is 47.2 Å². The summed E-state index contributed by atoms with van der Waals surface area (Å²) in [6.45, 7) is 3.63. The van der Waals surface area contributed by atoms with Crippen molar-refractivity contribution < 1.29 is 4.79 Å². The number of hydrogen-bond acceptors (Lipinski definition) is 7. The molecule has 2 amide bonds. The number of carbonyl (C=O) groups is 1. The van der Waals surface area contributed by atoms with E-state index in [-0.39, 0.29) is 5.95 Å². The monoisotopic (exact) mass is 292 g/mol. The number of anilines is 3. The second-order valence-electron chi connectivity index (χ2n) is 5.33. The number of hydrogen-bond donors (Lipinski definition) is 2. The van der Waals surface area contributed by atoms with Crippen molar-refractivity contribution in [1.29, 1.82) is 0 Å². The summed E-state index contributed by atoms with van der Waals surface area (Å²) in [4.78, 5) is 28.5. The van der Waals surface area contributed by atoms with Crippen molar-refractivity contribution in [3.05, 3.63) is 0 Å². The van der Waals surface area contributed by atoms with Gasteiger partial charge in [-0.1, -0.05) is 0 Å². The van der Waals surface area contributed by atoms with E-state index >= 15 is 0 Å². The molecule has 0 bridgehead atoms. The second-order valence-corrected chi connectivity index (χ2v) is 5.33. The Morgan fingerprint density at radius 3 is 1.71 bits per heavy atom. The first kappa shape index (κ1) is 13.8. The maximum atomic E-state index is 11.3. The van der Waals surface area contributed by atoms with Crippen molar-refractivity contribution in [2.45, 2.75) is 25.7 Å². The lowest BCUT2D eigenvalue weighted by molar-refractivity contribution is 0.253. The molecule has 2 fully saturated rings. The van der Waals surface area contributed by atoms with Crippen LogP contribution in [0.25, 0.3) is 0 Å². The summed E-state index contributed by atoms with van der Waals surface area (Å²) in [5, 5.41) is 0.765. The van der Waals surface area contributed by atoms with Crippen molar-refractivity contribution in [2.75, 3.05) is 41.0 Å². The number of amides is 2. The highest BCUT2D eigenvalue weighted by Crippen LogP contribution is 2.23. The molecule has 2 aliphatic heterocycles. The molecule has 3 rings (SSSR count). The maximum absolute atomic E-state index is 11.3. The van der Waals surface area contributed by atoms with Crippen LogP contribution in [0.15, 0.2) is 0 Å². The van der Waals surface area contributed by atoms with Gasteiger partial charge in [0.15, 0.2) is 0 Å². The molecular weight excluding hydrogens is 272 g/mol. The van der Waals surface area contributed by atoms with Gasteiger partial charge >= 0.3 is 6.03 Å². The molecule has 4 N–H and O–H groups in total. The Morgan fingerprint density at radius 2 is 1.33 bits per heavy atom. The number of urea groups is 1. The van der Waals surface area contributed by atoms with Gasteiger partial charge in [-0.15, -0.1) is 0 Å². The van der Waals surface area contributed by atoms with E-state index in [9.17, 15) is 4.79 Å². The smallest absolute Gasteiger partial charge is 0.336 e. The van der Waals surface area contributed by atoms with Crippen LogP contribution in [-0.2, 0) is 0 Å². The van der Waals surface area contributed by atoms with E-state index in [0.717, 1.165) is 56.9 Å². The molecular formula is C12H20N8O. The highest BCUT2D eigenvalue weighted by Gasteiger charge is 2.23. The van der Waals surface area contributed by atoms with Gasteiger partial charge in [0.05, 0.1) is 0 Å². The number of primary amides is 1. The van der Waals surface area contributed by atoms with Gasteiger partial charge in [-0.3, -0.25) is 0 Å². The number of rotatable bonds is 3. The molecule has 0 unspecified atom stereocenters. The van der Waals surface area contributed by atoms with E-state index in [1.54, 1.807) is 0 Å². The van der Waals surface area contributed by atoms with E-state index in [4.69, 9.17) is 11.6 Å². The average Bonchev–Trinajstić information content (AvgIpc) is 3.18. The molecule has 2 saturated heterocycles. The zero-order chi connectivity index (χ0) is 14.8. The molecule has 1 aromatic heterocycles. The first-order valence-corrected chi connectivity index (χ1v) is 7.25. The molecule has 1 aromatic rings. The average molecular weight is 292 g/mol. The first-order valence-electron chi connectivity index (χ1n) is 7.25. The molecule has 0 radical (unpaired) electrons. The van der Waals surface area contributed by atoms with Gasteiger partial charge in [0.2, 0.25) is 11.9 Å². The Bertz CT molecular complexity index is 490. The Morgan fingerprint density at radius 1 is 0.905 bits per heavy atom. The number of carbonyl (C=O) groups excluding carboxylic acids is 1. The minimum atomic E-state index is -0.791. The van der Waals surface area contributed by atoms with Gasteiger partial charge in [0, 0.05) is 26.2 Å². The Hall–Kier alpha value is -2.16. The van der Waals surface area contributed by atoms with Gasteiger partial charge in [-0.25, -0.2) is 10.6 Å².